The predicted molar refractivity (Wildman–Crippen MR) is 595 cm³/mol. The van der Waals surface area contributed by atoms with Crippen LogP contribution in [0.5, 0.6) is 0 Å². The number of pyridine rings is 1. The third-order valence-electron chi connectivity index (χ3n) is 23.1. The highest BCUT2D eigenvalue weighted by molar-refractivity contribution is 6.14. The molecule has 812 valence electrons. The van der Waals surface area contributed by atoms with Crippen LogP contribution in [-0.2, 0) is 64.2 Å². The molecule has 141 heavy (non-hydrogen) atoms. The molecule has 2 unspecified atom stereocenters. The van der Waals surface area contributed by atoms with Crippen molar-refractivity contribution in [3.05, 3.63) is 132 Å². The van der Waals surface area contributed by atoms with Crippen LogP contribution in [-0.4, -0.2) is 304 Å². The van der Waals surface area contributed by atoms with E-state index in [1.165, 1.54) is 145 Å². The number of aliphatic imine (C=N–C) groups is 4. The molecule has 2 atom stereocenters. The van der Waals surface area contributed by atoms with Crippen LogP contribution in [0, 0.1) is 22.7 Å². The van der Waals surface area contributed by atoms with Crippen molar-refractivity contribution in [1.82, 2.24) is 41.4 Å². The monoisotopic (exact) mass is 1980 g/mol. The van der Waals surface area contributed by atoms with Gasteiger partial charge in [-0.25, -0.2) is 0 Å². The number of piperazine rings is 1. The highest BCUT2D eigenvalue weighted by Crippen LogP contribution is 2.29. The van der Waals surface area contributed by atoms with Crippen molar-refractivity contribution in [2.75, 3.05) is 204 Å². The van der Waals surface area contributed by atoms with Gasteiger partial charge >= 0.3 is 0 Å². The lowest BCUT2D eigenvalue weighted by Crippen LogP contribution is -2.45. The summed E-state index contributed by atoms with van der Waals surface area (Å²) < 4.78 is 22.0. The van der Waals surface area contributed by atoms with Crippen molar-refractivity contribution in [1.29, 1.82) is 0 Å². The van der Waals surface area contributed by atoms with Crippen molar-refractivity contribution >= 4 is 55.7 Å². The molecule has 7 rings (SSSR count). The van der Waals surface area contributed by atoms with Crippen molar-refractivity contribution < 1.29 is 43.2 Å². The fourth-order valence-electron chi connectivity index (χ4n) is 15.0. The number of hydrogen-bond acceptors (Lipinski definition) is 32. The van der Waals surface area contributed by atoms with Gasteiger partial charge in [0.1, 0.15) is 0 Å². The van der Waals surface area contributed by atoms with Gasteiger partial charge in [-0.3, -0.25) is 49.0 Å². The van der Waals surface area contributed by atoms with Crippen molar-refractivity contribution in [2.45, 2.75) is 278 Å². The Kier molecular flexibility index (Phi) is 101. The molecule has 2 aliphatic carbocycles. The smallest absolute Gasteiger partial charge is 0.161 e. The van der Waals surface area contributed by atoms with Gasteiger partial charge in [-0.15, -0.1) is 0 Å². The van der Waals surface area contributed by atoms with Gasteiger partial charge in [0.05, 0.1) is 86.4 Å². The Bertz CT molecular complexity index is 3300. The van der Waals surface area contributed by atoms with Crippen molar-refractivity contribution in [2.24, 2.45) is 106 Å². The Morgan fingerprint density at radius 1 is 0.468 bits per heavy atom. The van der Waals surface area contributed by atoms with Crippen molar-refractivity contribution in [3.63, 3.8) is 0 Å². The predicted octanol–water partition coefficient (Wildman–Crippen LogP) is 10.4. The van der Waals surface area contributed by atoms with E-state index in [9.17, 15) is 19.2 Å². The Labute approximate surface area is 855 Å². The maximum Gasteiger partial charge on any atom is 0.161 e. The molecule has 3 aliphatic rings. The summed E-state index contributed by atoms with van der Waals surface area (Å²) in [4.78, 5) is 65.8. The largest absolute Gasteiger partial charge is 0.390 e. The van der Waals surface area contributed by atoms with Crippen LogP contribution < -0.4 is 89.7 Å². The molecule has 1 saturated heterocycles. The molecular weight excluding hydrogens is 1780 g/mol. The molecular formula is C109H207N23O9. The number of carbonyl (C=O) groups excluding carboxylic acids is 4. The minimum Gasteiger partial charge on any atom is -0.390 e. The second kappa shape index (κ2) is 103. The molecule has 0 spiro atoms. The molecule has 3 aromatic carbocycles. The maximum atomic E-state index is 10.3. The molecule has 2 heterocycles. The minimum atomic E-state index is -0.509. The van der Waals surface area contributed by atoms with Crippen LogP contribution in [0.4, 0.5) is 5.69 Å². The standard InChI is InChI=1S/C20H28N2O2.C16H36N2O2.C14H16N2O2.C12H20N4.C10H14N2O2.C9H20N2.2C9H22N2.C7H19N3.C3H10N2O/c1-3-7-19(8-4-1)17-21-11-13-23-15-16-24-14-12-22-18-20-9-5-2-6-10-20;17-11-9-15-19-13-7-5-3-1-2-4-6-8-14-20-16-10-12-18;1-14(2,16-8-10-18)11-12-3-5-13(6-4-12)15-7-9-17;1-2-4-15-12(3-1)11-14-7-10-16-8-5-13-6-9-16;13-7-5-11-9-1-2-10(4-3-9)12-6-8-14;10-7-4-8-11-9-5-2-1-3-6-9;1-8(7-11)6-9(2,3)4-5-10;1-8(4-5-10)6-9(2,3)7-11;1-10(6-2-4-8)7-3-5-9;4-1-3(6)2-5/h1-10,21-22H,11-18H2;1-18H2;3-10H,11H2,1-2H3;1-4,13-14H,5-11H2;5-10H,1-4H2;9,11H,1-8,10H2;2*8H,4-7,10-11H2,1-3H3;2-9H2,1H3;3,6H,1-2,4-5H2. The molecule has 2 saturated carbocycles. The van der Waals surface area contributed by atoms with E-state index in [1.54, 1.807) is 0 Å². The number of nitrogens with one attached hydrogen (secondary N) is 5. The number of hydrogen-bond donors (Lipinski definition) is 17. The van der Waals surface area contributed by atoms with Crippen LogP contribution in [0.2, 0.25) is 0 Å². The molecule has 28 N–H and O–H groups in total. The van der Waals surface area contributed by atoms with Crippen LogP contribution in [0.1, 0.15) is 245 Å². The molecule has 32 nitrogen and oxygen atoms in total. The fourth-order valence-corrected chi connectivity index (χ4v) is 15.0. The SMILES string of the molecule is CC(C)(Cc1ccc(N=CC=O)cc1)N=CC=O.CC(CCN)CC(C)(C)CN.CC(CN)CC(C)(C)CCN.CN(CCCN)CCCN.NCC(O)CN.NCCCNC1CCCCC1.NCCCOCCCCCCCCCCOCCCN.O=CC=NC1CCC(N=CC=O)CC1.c1ccc(CNCCN2CCNCC2)nc1.c1ccc(CNCCOCCOCCNCc2ccccc2)cc1. The topological polar surface area (TPSA) is 541 Å². The van der Waals surface area contributed by atoms with Gasteiger partial charge in [-0.2, -0.15) is 0 Å². The molecule has 3 fully saturated rings. The van der Waals surface area contributed by atoms with Gasteiger partial charge in [0, 0.05) is 124 Å². The number of aldehydes is 4. The molecule has 32 heteroatoms. The third kappa shape index (κ3) is 97.7. The normalized spacial score (nSPS) is 14.9. The Morgan fingerprint density at radius 2 is 0.929 bits per heavy atom. The summed E-state index contributed by atoms with van der Waals surface area (Å²) in [6.45, 7) is 45.4. The van der Waals surface area contributed by atoms with E-state index in [1.807, 2.05) is 68.6 Å². The van der Waals surface area contributed by atoms with E-state index < -0.39 is 6.10 Å². The molecule has 4 aromatic rings. The second-order valence-corrected chi connectivity index (χ2v) is 38.4. The first-order chi connectivity index (χ1) is 68.3. The highest BCUT2D eigenvalue weighted by Gasteiger charge is 2.22. The summed E-state index contributed by atoms with van der Waals surface area (Å²) in [5, 5.41) is 25.5. The Balaban J connectivity index is -0.00000153. The Morgan fingerprint density at radius 3 is 1.36 bits per heavy atom. The van der Waals surface area contributed by atoms with E-state index in [2.05, 4.69) is 165 Å². The first kappa shape index (κ1) is 138. The maximum absolute atomic E-state index is 10.3. The van der Waals surface area contributed by atoms with Gasteiger partial charge in [0.2, 0.25) is 0 Å². The number of aromatic nitrogens is 1. The number of aliphatic hydroxyl groups excluding tert-OH is 1. The lowest BCUT2D eigenvalue weighted by atomic mass is 9.81. The van der Waals surface area contributed by atoms with Crippen LogP contribution in [0.25, 0.3) is 0 Å². The van der Waals surface area contributed by atoms with E-state index in [4.69, 9.17) is 87.1 Å². The van der Waals surface area contributed by atoms with Gasteiger partial charge in [-0.05, 0) is 279 Å². The fraction of sp³-hybridized carbons (Fsp3) is 0.716. The zero-order chi connectivity index (χ0) is 105. The van der Waals surface area contributed by atoms with Crippen LogP contribution >= 0.6 is 0 Å². The van der Waals surface area contributed by atoms with Gasteiger partial charge in [0.15, 0.2) is 25.1 Å². The van der Waals surface area contributed by atoms with E-state index in [0.717, 1.165) is 264 Å². The summed E-state index contributed by atoms with van der Waals surface area (Å²) in [6.07, 6.45) is 41.0. The van der Waals surface area contributed by atoms with Gasteiger partial charge < -0.3 is 119 Å². The molecule has 0 amide bonds. The summed E-state index contributed by atoms with van der Waals surface area (Å²) in [6, 6.07) is 35.7. The zero-order valence-corrected chi connectivity index (χ0v) is 89.6. The van der Waals surface area contributed by atoms with Crippen LogP contribution in [0.3, 0.4) is 0 Å². The number of benzene rings is 3. The number of unbranched alkanes of at least 4 members (excludes halogenated alkanes) is 7. The van der Waals surface area contributed by atoms with E-state index >= 15 is 0 Å². The lowest BCUT2D eigenvalue weighted by Gasteiger charge is -2.27. The van der Waals surface area contributed by atoms with Gasteiger partial charge in [0.25, 0.3) is 0 Å². The molecule has 1 aliphatic heterocycles. The molecule has 0 radical (unpaired) electrons. The second-order valence-electron chi connectivity index (χ2n) is 38.4. The quantitative estimate of drug-likeness (QED) is 0.0111. The van der Waals surface area contributed by atoms with Crippen molar-refractivity contribution in [3.8, 4) is 0 Å². The van der Waals surface area contributed by atoms with Gasteiger partial charge in [-0.1, -0.05) is 178 Å². The van der Waals surface area contributed by atoms with E-state index in [0.29, 0.717) is 68.8 Å². The number of ether oxygens (including phenoxy) is 4. The number of nitrogens with two attached hydrogens (primary N) is 11. The van der Waals surface area contributed by atoms with Crippen LogP contribution in [0.15, 0.2) is 129 Å². The zero-order valence-electron chi connectivity index (χ0n) is 89.6. The number of rotatable bonds is 67. The lowest BCUT2D eigenvalue weighted by molar-refractivity contribution is -0.103. The summed E-state index contributed by atoms with van der Waals surface area (Å²) in [7, 11) is 2.10. The Hall–Kier alpha value is -6.75. The number of aliphatic hydroxyl groups is 1. The summed E-state index contributed by atoms with van der Waals surface area (Å²) >= 11 is 0. The summed E-state index contributed by atoms with van der Waals surface area (Å²) in [5.74, 6) is 1.33. The number of carbonyl (C=O) groups is 4. The first-order valence-electron chi connectivity index (χ1n) is 53.0. The average molecular weight is 1980 g/mol. The first-order valence-corrected chi connectivity index (χ1v) is 53.0. The van der Waals surface area contributed by atoms with E-state index in [-0.39, 0.29) is 36.1 Å². The molecule has 0 bridgehead atoms. The number of nitrogens with zero attached hydrogens (tertiary/aromatic N) is 7. The minimum absolute atomic E-state index is 0.260. The highest BCUT2D eigenvalue weighted by atomic mass is 16.5. The third-order valence-corrected chi connectivity index (χ3v) is 23.1. The molecule has 1 aromatic heterocycles. The average Bonchev–Trinajstić information content (AvgIpc) is 0.870. The summed E-state index contributed by atoms with van der Waals surface area (Å²) in [5.41, 5.74) is 64.8.